The Kier molecular flexibility index (Phi) is 3.89. The van der Waals surface area contributed by atoms with Gasteiger partial charge < -0.3 is 4.74 Å². The van der Waals surface area contributed by atoms with Crippen molar-refractivity contribution in [2.45, 2.75) is 13.3 Å². The molecule has 10 heavy (non-hydrogen) atoms. The fourth-order valence-electron chi connectivity index (χ4n) is 0.298. The Labute approximate surface area is 58.4 Å². The topological polar surface area (TPSA) is 67.2 Å². The largest absolute Gasteiger partial charge is 0.457 e. The number of esters is 1. The molecule has 0 aromatic heterocycles. The molecule has 0 spiro atoms. The Bertz CT molecular complexity index is 180. The highest BCUT2D eigenvalue weighted by atomic mass is 16.5. The second kappa shape index (κ2) is 4.50. The van der Waals surface area contributed by atoms with E-state index in [4.69, 9.17) is 5.26 Å². The molecule has 0 saturated carbocycles. The molecule has 0 saturated heterocycles. The minimum Gasteiger partial charge on any atom is -0.457 e. The molecule has 0 heterocycles. The lowest BCUT2D eigenvalue weighted by molar-refractivity contribution is -0.146. The minimum absolute atomic E-state index is 0.230. The second-order valence-corrected chi connectivity index (χ2v) is 1.70. The Morgan fingerprint density at radius 3 is 2.60 bits per heavy atom. The Balaban J connectivity index is 3.42. The summed E-state index contributed by atoms with van der Waals surface area (Å²) < 4.78 is 4.33. The molecule has 4 nitrogen and oxygen atoms in total. The van der Waals surface area contributed by atoms with Crippen LogP contribution in [0.25, 0.3) is 0 Å². The number of carbonyl (C=O) groups is 2. The summed E-state index contributed by atoms with van der Waals surface area (Å²) in [6.45, 7) is 1.07. The van der Waals surface area contributed by atoms with Crippen LogP contribution in [0.3, 0.4) is 0 Å². The van der Waals surface area contributed by atoms with Crippen LogP contribution in [0.15, 0.2) is 0 Å². The third kappa shape index (κ3) is 4.78. The van der Waals surface area contributed by atoms with Gasteiger partial charge in [0.15, 0.2) is 5.78 Å². The molecule has 54 valence electrons. The molecule has 0 N–H and O–H groups in total. The van der Waals surface area contributed by atoms with E-state index in [9.17, 15) is 9.59 Å². The van der Waals surface area contributed by atoms with Gasteiger partial charge in [0, 0.05) is 0 Å². The zero-order valence-corrected chi connectivity index (χ0v) is 5.59. The fraction of sp³-hybridized carbons (Fsp3) is 0.500. The van der Waals surface area contributed by atoms with Gasteiger partial charge in [0.25, 0.3) is 0 Å². The van der Waals surface area contributed by atoms with Crippen molar-refractivity contribution in [3.05, 3.63) is 0 Å². The van der Waals surface area contributed by atoms with Crippen molar-refractivity contribution in [1.29, 1.82) is 5.26 Å². The molecule has 0 amide bonds. The molecule has 0 aliphatic heterocycles. The molecule has 0 aromatic carbocycles. The van der Waals surface area contributed by atoms with Crippen molar-refractivity contribution in [3.63, 3.8) is 0 Å². The first kappa shape index (κ1) is 8.63. The van der Waals surface area contributed by atoms with Gasteiger partial charge in [0.2, 0.25) is 0 Å². The summed E-state index contributed by atoms with van der Waals surface area (Å²) >= 11 is 0. The maximum Gasteiger partial charge on any atom is 0.320 e. The summed E-state index contributed by atoms with van der Waals surface area (Å²) in [5.41, 5.74) is 0. The van der Waals surface area contributed by atoms with Crippen LogP contribution in [0.5, 0.6) is 0 Å². The van der Waals surface area contributed by atoms with Gasteiger partial charge in [-0.1, -0.05) is 0 Å². The molecule has 0 aromatic rings. The van der Waals surface area contributed by atoms with Crippen LogP contribution in [-0.4, -0.2) is 18.4 Å². The molecule has 0 rings (SSSR count). The van der Waals surface area contributed by atoms with Crippen LogP contribution in [0.1, 0.15) is 13.3 Å². The Hall–Kier alpha value is -1.37. The SMILES string of the molecule is CC(=O)COC(=O)CC#N. The van der Waals surface area contributed by atoms with Gasteiger partial charge >= 0.3 is 5.97 Å². The molecule has 0 aliphatic carbocycles. The third-order valence-corrected chi connectivity index (χ3v) is 0.660. The quantitative estimate of drug-likeness (QED) is 0.520. The van der Waals surface area contributed by atoms with Crippen LogP contribution in [0.4, 0.5) is 0 Å². The van der Waals surface area contributed by atoms with Crippen molar-refractivity contribution < 1.29 is 14.3 Å². The molecule has 0 atom stereocenters. The summed E-state index contributed by atoms with van der Waals surface area (Å²) in [4.78, 5) is 20.5. The number of Topliss-reactive ketones (excluding diaryl/α,β-unsaturated/α-hetero) is 1. The van der Waals surface area contributed by atoms with Crippen LogP contribution in [0.2, 0.25) is 0 Å². The maximum atomic E-state index is 10.4. The Morgan fingerprint density at radius 2 is 2.20 bits per heavy atom. The summed E-state index contributed by atoms with van der Waals surface area (Å²) in [5, 5.41) is 7.97. The zero-order valence-electron chi connectivity index (χ0n) is 5.59. The van der Waals surface area contributed by atoms with Crippen molar-refractivity contribution in [2.75, 3.05) is 6.61 Å². The molecule has 4 heteroatoms. The first-order valence-electron chi connectivity index (χ1n) is 2.69. The monoisotopic (exact) mass is 141 g/mol. The number of carbonyl (C=O) groups excluding carboxylic acids is 2. The number of ether oxygens (including phenoxy) is 1. The van der Waals surface area contributed by atoms with Gasteiger partial charge in [-0.05, 0) is 6.92 Å². The van der Waals surface area contributed by atoms with E-state index in [1.54, 1.807) is 6.07 Å². The van der Waals surface area contributed by atoms with Crippen molar-refractivity contribution in [1.82, 2.24) is 0 Å². The number of hydrogen-bond donors (Lipinski definition) is 0. The third-order valence-electron chi connectivity index (χ3n) is 0.660. The van der Waals surface area contributed by atoms with Crippen molar-refractivity contribution in [2.24, 2.45) is 0 Å². The van der Waals surface area contributed by atoms with E-state index < -0.39 is 5.97 Å². The van der Waals surface area contributed by atoms with Crippen LogP contribution < -0.4 is 0 Å². The van der Waals surface area contributed by atoms with E-state index >= 15 is 0 Å². The zero-order chi connectivity index (χ0) is 7.98. The smallest absolute Gasteiger partial charge is 0.320 e. The van der Waals surface area contributed by atoms with Crippen LogP contribution in [-0.2, 0) is 14.3 Å². The lowest BCUT2D eigenvalue weighted by Crippen LogP contribution is -2.09. The van der Waals surface area contributed by atoms with Gasteiger partial charge in [-0.25, -0.2) is 0 Å². The van der Waals surface area contributed by atoms with Gasteiger partial charge in [-0.3, -0.25) is 9.59 Å². The molecule has 0 bridgehead atoms. The molecule has 0 radical (unpaired) electrons. The summed E-state index contributed by atoms with van der Waals surface area (Å²) in [7, 11) is 0. The second-order valence-electron chi connectivity index (χ2n) is 1.70. The van der Waals surface area contributed by atoms with Gasteiger partial charge in [0.05, 0.1) is 6.07 Å². The summed E-state index contributed by atoms with van der Waals surface area (Å²) in [5.74, 6) is -0.885. The Morgan fingerprint density at radius 1 is 1.60 bits per heavy atom. The number of nitrogens with zero attached hydrogens (tertiary/aromatic N) is 1. The number of hydrogen-bond acceptors (Lipinski definition) is 4. The van der Waals surface area contributed by atoms with E-state index in [0.29, 0.717) is 0 Å². The maximum absolute atomic E-state index is 10.4. The van der Waals surface area contributed by atoms with Gasteiger partial charge in [-0.2, -0.15) is 5.26 Å². The van der Waals surface area contributed by atoms with Crippen LogP contribution >= 0.6 is 0 Å². The highest BCUT2D eigenvalue weighted by molar-refractivity contribution is 5.80. The van der Waals surface area contributed by atoms with Crippen LogP contribution in [0, 0.1) is 11.3 Å². The summed E-state index contributed by atoms with van der Waals surface area (Å²) in [6.07, 6.45) is -0.298. The van der Waals surface area contributed by atoms with E-state index in [2.05, 4.69) is 4.74 Å². The number of rotatable bonds is 3. The average molecular weight is 141 g/mol. The first-order valence-corrected chi connectivity index (χ1v) is 2.69. The molecule has 0 unspecified atom stereocenters. The normalized spacial score (nSPS) is 8.00. The lowest BCUT2D eigenvalue weighted by atomic mass is 10.4. The molecule has 0 aliphatic rings. The van der Waals surface area contributed by atoms with Gasteiger partial charge in [-0.15, -0.1) is 0 Å². The number of nitriles is 1. The van der Waals surface area contributed by atoms with E-state index in [0.717, 1.165) is 0 Å². The highest BCUT2D eigenvalue weighted by Gasteiger charge is 2.01. The first-order chi connectivity index (χ1) is 4.66. The molecule has 0 fully saturated rings. The average Bonchev–Trinajstić information content (AvgIpc) is 1.85. The van der Waals surface area contributed by atoms with E-state index in [1.165, 1.54) is 6.92 Å². The van der Waals surface area contributed by atoms with E-state index in [-0.39, 0.29) is 18.8 Å². The molecular weight excluding hydrogens is 134 g/mol. The predicted molar refractivity (Wildman–Crippen MR) is 31.9 cm³/mol. The number of ketones is 1. The van der Waals surface area contributed by atoms with Gasteiger partial charge in [0.1, 0.15) is 13.0 Å². The van der Waals surface area contributed by atoms with Crippen molar-refractivity contribution in [3.8, 4) is 6.07 Å². The predicted octanol–water partition coefficient (Wildman–Crippen LogP) is 0.0323. The molecular formula is C6H7NO3. The summed E-state index contributed by atoms with van der Waals surface area (Å²) in [6, 6.07) is 1.61. The van der Waals surface area contributed by atoms with E-state index in [1.807, 2.05) is 0 Å². The standard InChI is InChI=1S/C6H7NO3/c1-5(8)4-10-6(9)2-3-7/h2,4H2,1H3. The fourth-order valence-corrected chi connectivity index (χ4v) is 0.298. The van der Waals surface area contributed by atoms with Crippen molar-refractivity contribution >= 4 is 11.8 Å². The highest BCUT2D eigenvalue weighted by Crippen LogP contribution is 1.83. The lowest BCUT2D eigenvalue weighted by Gasteiger charge is -1.95. The minimum atomic E-state index is -0.655.